The second-order valence-corrected chi connectivity index (χ2v) is 6.59. The zero-order chi connectivity index (χ0) is 15.5. The maximum absolute atomic E-state index is 12.9. The Hall–Kier alpha value is -1.36. The molecule has 5 nitrogen and oxygen atoms in total. The van der Waals surface area contributed by atoms with E-state index in [1.807, 2.05) is 25.2 Å². The van der Waals surface area contributed by atoms with Gasteiger partial charge in [-0.1, -0.05) is 20.3 Å². The number of piperidine rings is 1. The number of rotatable bonds is 5. The van der Waals surface area contributed by atoms with Crippen LogP contribution in [0.4, 0.5) is 0 Å². The fourth-order valence-electron chi connectivity index (χ4n) is 3.52. The predicted octanol–water partition coefficient (Wildman–Crippen LogP) is 2.11. The molecule has 1 aliphatic rings. The lowest BCUT2D eigenvalue weighted by Gasteiger charge is -2.41. The molecule has 2 atom stereocenters. The lowest BCUT2D eigenvalue weighted by atomic mass is 9.78. The van der Waals surface area contributed by atoms with Crippen LogP contribution in [0.1, 0.15) is 51.1 Å². The van der Waals surface area contributed by atoms with Gasteiger partial charge < -0.3 is 10.2 Å². The lowest BCUT2D eigenvalue weighted by Crippen LogP contribution is -2.48. The van der Waals surface area contributed by atoms with Crippen LogP contribution in [0.3, 0.4) is 0 Å². The molecule has 1 fully saturated rings. The SMILES string of the molecule is CCCC1(C)CCCN(C(=O)C(NC)c2cnn(C)c2)C1. The van der Waals surface area contributed by atoms with E-state index < -0.39 is 0 Å². The number of aryl methyl sites for hydroxylation is 1. The van der Waals surface area contributed by atoms with E-state index in [1.165, 1.54) is 19.3 Å². The van der Waals surface area contributed by atoms with Gasteiger partial charge in [-0.3, -0.25) is 9.48 Å². The van der Waals surface area contributed by atoms with Gasteiger partial charge >= 0.3 is 0 Å². The summed E-state index contributed by atoms with van der Waals surface area (Å²) in [6, 6.07) is -0.289. The highest BCUT2D eigenvalue weighted by Crippen LogP contribution is 2.34. The molecule has 21 heavy (non-hydrogen) atoms. The number of carbonyl (C=O) groups is 1. The Kier molecular flexibility index (Phi) is 5.04. The van der Waals surface area contributed by atoms with Gasteiger partial charge in [-0.05, 0) is 31.7 Å². The van der Waals surface area contributed by atoms with E-state index in [9.17, 15) is 4.79 Å². The Morgan fingerprint density at radius 1 is 1.57 bits per heavy atom. The smallest absolute Gasteiger partial charge is 0.244 e. The van der Waals surface area contributed by atoms with E-state index in [2.05, 4.69) is 24.3 Å². The molecule has 118 valence electrons. The van der Waals surface area contributed by atoms with Crippen molar-refractivity contribution in [2.75, 3.05) is 20.1 Å². The minimum absolute atomic E-state index is 0.174. The van der Waals surface area contributed by atoms with Crippen molar-refractivity contribution in [2.45, 2.75) is 45.6 Å². The minimum atomic E-state index is -0.289. The molecular formula is C16H28N4O. The molecule has 5 heteroatoms. The quantitative estimate of drug-likeness (QED) is 0.904. The number of nitrogens with one attached hydrogen (secondary N) is 1. The molecule has 2 heterocycles. The van der Waals surface area contributed by atoms with Gasteiger partial charge in [-0.2, -0.15) is 5.10 Å². The second kappa shape index (κ2) is 6.60. The molecule has 0 bridgehead atoms. The average Bonchev–Trinajstić information content (AvgIpc) is 2.86. The highest BCUT2D eigenvalue weighted by molar-refractivity contribution is 5.83. The molecule has 1 amide bonds. The van der Waals surface area contributed by atoms with Crippen LogP contribution in [-0.2, 0) is 11.8 Å². The van der Waals surface area contributed by atoms with Crippen molar-refractivity contribution in [1.82, 2.24) is 20.0 Å². The van der Waals surface area contributed by atoms with E-state index in [1.54, 1.807) is 10.9 Å². The van der Waals surface area contributed by atoms with Gasteiger partial charge in [0, 0.05) is 31.9 Å². The normalized spacial score (nSPS) is 24.1. The molecule has 0 aromatic carbocycles. The molecule has 1 aromatic rings. The molecule has 1 aliphatic heterocycles. The summed E-state index contributed by atoms with van der Waals surface area (Å²) < 4.78 is 1.74. The number of aromatic nitrogens is 2. The largest absolute Gasteiger partial charge is 0.340 e. The Balaban J connectivity index is 2.10. The van der Waals surface area contributed by atoms with Crippen molar-refractivity contribution >= 4 is 5.91 Å². The minimum Gasteiger partial charge on any atom is -0.340 e. The van der Waals surface area contributed by atoms with E-state index in [4.69, 9.17) is 0 Å². The summed E-state index contributed by atoms with van der Waals surface area (Å²) in [5, 5.41) is 7.32. The lowest BCUT2D eigenvalue weighted by molar-refractivity contribution is -0.137. The summed E-state index contributed by atoms with van der Waals surface area (Å²) in [4.78, 5) is 14.9. The number of hydrogen-bond acceptors (Lipinski definition) is 3. The van der Waals surface area contributed by atoms with E-state index in [0.717, 1.165) is 25.1 Å². The molecule has 1 N–H and O–H groups in total. The van der Waals surface area contributed by atoms with Crippen molar-refractivity contribution in [3.63, 3.8) is 0 Å². The molecule has 2 rings (SSSR count). The molecule has 1 aromatic heterocycles. The van der Waals surface area contributed by atoms with Crippen LogP contribution in [0.2, 0.25) is 0 Å². The first-order valence-corrected chi connectivity index (χ1v) is 7.93. The molecule has 0 saturated carbocycles. The van der Waals surface area contributed by atoms with E-state index >= 15 is 0 Å². The Labute approximate surface area is 127 Å². The summed E-state index contributed by atoms with van der Waals surface area (Å²) in [6.45, 7) is 6.28. The molecule has 0 aliphatic carbocycles. The summed E-state index contributed by atoms with van der Waals surface area (Å²) >= 11 is 0. The van der Waals surface area contributed by atoms with E-state index in [0.29, 0.717) is 0 Å². The fraction of sp³-hybridized carbons (Fsp3) is 0.750. The predicted molar refractivity (Wildman–Crippen MR) is 83.8 cm³/mol. The van der Waals surface area contributed by atoms with Crippen LogP contribution in [-0.4, -0.2) is 40.7 Å². The highest BCUT2D eigenvalue weighted by Gasteiger charge is 2.35. The fourth-order valence-corrected chi connectivity index (χ4v) is 3.52. The Morgan fingerprint density at radius 3 is 2.90 bits per heavy atom. The van der Waals surface area contributed by atoms with E-state index in [-0.39, 0.29) is 17.4 Å². The number of hydrogen-bond donors (Lipinski definition) is 1. The average molecular weight is 292 g/mol. The second-order valence-electron chi connectivity index (χ2n) is 6.59. The monoisotopic (exact) mass is 292 g/mol. The third-order valence-electron chi connectivity index (χ3n) is 4.54. The van der Waals surface area contributed by atoms with Gasteiger partial charge in [0.25, 0.3) is 0 Å². The van der Waals surface area contributed by atoms with Crippen molar-refractivity contribution < 1.29 is 4.79 Å². The van der Waals surface area contributed by atoms with Gasteiger partial charge in [0.2, 0.25) is 5.91 Å². The van der Waals surface area contributed by atoms with Gasteiger partial charge in [0.15, 0.2) is 0 Å². The van der Waals surface area contributed by atoms with Crippen LogP contribution in [0, 0.1) is 5.41 Å². The maximum atomic E-state index is 12.9. The Morgan fingerprint density at radius 2 is 2.33 bits per heavy atom. The Bertz CT molecular complexity index is 480. The topological polar surface area (TPSA) is 50.2 Å². The van der Waals surface area contributed by atoms with Crippen molar-refractivity contribution in [3.8, 4) is 0 Å². The zero-order valence-electron chi connectivity index (χ0n) is 13.7. The number of amides is 1. The summed E-state index contributed by atoms with van der Waals surface area (Å²) in [5.74, 6) is 0.174. The number of nitrogens with zero attached hydrogens (tertiary/aromatic N) is 3. The first kappa shape index (κ1) is 16.0. The van der Waals surface area contributed by atoms with Crippen LogP contribution in [0.25, 0.3) is 0 Å². The van der Waals surface area contributed by atoms with Crippen molar-refractivity contribution in [1.29, 1.82) is 0 Å². The van der Waals surface area contributed by atoms with Crippen molar-refractivity contribution in [3.05, 3.63) is 18.0 Å². The molecule has 0 spiro atoms. The van der Waals surface area contributed by atoms with Crippen LogP contribution in [0.15, 0.2) is 12.4 Å². The van der Waals surface area contributed by atoms with Gasteiger partial charge in [-0.15, -0.1) is 0 Å². The molecule has 0 radical (unpaired) electrons. The molecule has 1 saturated heterocycles. The maximum Gasteiger partial charge on any atom is 0.244 e. The first-order valence-electron chi connectivity index (χ1n) is 7.93. The van der Waals surface area contributed by atoms with Crippen LogP contribution < -0.4 is 5.32 Å². The van der Waals surface area contributed by atoms with Gasteiger partial charge in [0.05, 0.1) is 6.20 Å². The number of likely N-dealkylation sites (tertiary alicyclic amines) is 1. The van der Waals surface area contributed by atoms with Crippen LogP contribution in [0.5, 0.6) is 0 Å². The standard InChI is InChI=1S/C16H28N4O/c1-5-7-16(2)8-6-9-20(12-16)15(21)14(17-3)13-10-18-19(4)11-13/h10-11,14,17H,5-9,12H2,1-4H3. The summed E-state index contributed by atoms with van der Waals surface area (Å²) in [5.41, 5.74) is 1.21. The third kappa shape index (κ3) is 3.64. The van der Waals surface area contributed by atoms with Gasteiger partial charge in [0.1, 0.15) is 6.04 Å². The van der Waals surface area contributed by atoms with Crippen LogP contribution >= 0.6 is 0 Å². The number of likely N-dealkylation sites (N-methyl/N-ethyl adjacent to an activating group) is 1. The van der Waals surface area contributed by atoms with Gasteiger partial charge in [-0.25, -0.2) is 0 Å². The van der Waals surface area contributed by atoms with Crippen molar-refractivity contribution in [2.24, 2.45) is 12.5 Å². The summed E-state index contributed by atoms with van der Waals surface area (Å²) in [6.07, 6.45) is 8.38. The molecular weight excluding hydrogens is 264 g/mol. The zero-order valence-corrected chi connectivity index (χ0v) is 13.7. The third-order valence-corrected chi connectivity index (χ3v) is 4.54. The highest BCUT2D eigenvalue weighted by atomic mass is 16.2. The summed E-state index contributed by atoms with van der Waals surface area (Å²) in [7, 11) is 3.71. The molecule has 2 unspecified atom stereocenters. The number of carbonyl (C=O) groups excluding carboxylic acids is 1. The first-order chi connectivity index (χ1) is 9.99.